The molecule has 19 heavy (non-hydrogen) atoms. The summed E-state index contributed by atoms with van der Waals surface area (Å²) >= 11 is 0. The fourth-order valence-corrected chi connectivity index (χ4v) is 3.52. The minimum atomic E-state index is -1.42. The van der Waals surface area contributed by atoms with Crippen molar-refractivity contribution in [3.63, 3.8) is 0 Å². The van der Waals surface area contributed by atoms with E-state index in [0.717, 1.165) is 0 Å². The van der Waals surface area contributed by atoms with Gasteiger partial charge < -0.3 is 9.84 Å². The molecule has 1 N–H and O–H groups in total. The number of nitrogens with zero attached hydrogens (tertiary/aromatic N) is 1. The second-order valence-electron chi connectivity index (χ2n) is 7.34. The topological polar surface area (TPSA) is 49.8 Å². The lowest BCUT2D eigenvalue weighted by atomic mass is 9.82. The molecule has 0 saturated carbocycles. The SMILES string of the molecule is CC(C)(C)OC(=O)N1[C@]2(C)CC[C@@]1(C)[C@@H](F)[C@H](O)C2. The van der Waals surface area contributed by atoms with Crippen molar-refractivity contribution in [1.29, 1.82) is 0 Å². The van der Waals surface area contributed by atoms with Crippen molar-refractivity contribution in [2.24, 2.45) is 0 Å². The van der Waals surface area contributed by atoms with Gasteiger partial charge in [-0.25, -0.2) is 9.18 Å². The summed E-state index contributed by atoms with van der Waals surface area (Å²) in [5.41, 5.74) is -2.08. The number of piperidine rings is 1. The van der Waals surface area contributed by atoms with E-state index in [-0.39, 0.29) is 6.42 Å². The van der Waals surface area contributed by atoms with Gasteiger partial charge in [0.1, 0.15) is 11.8 Å². The van der Waals surface area contributed by atoms with Gasteiger partial charge in [-0.1, -0.05) is 0 Å². The van der Waals surface area contributed by atoms with Crippen molar-refractivity contribution < 1.29 is 19.0 Å². The first kappa shape index (κ1) is 14.6. The van der Waals surface area contributed by atoms with Crippen LogP contribution in [0.25, 0.3) is 0 Å². The van der Waals surface area contributed by atoms with E-state index >= 15 is 0 Å². The monoisotopic (exact) mass is 273 g/mol. The molecule has 0 unspecified atom stereocenters. The Labute approximate surface area is 113 Å². The average Bonchev–Trinajstić information content (AvgIpc) is 2.43. The third kappa shape index (κ3) is 2.22. The largest absolute Gasteiger partial charge is 0.444 e. The average molecular weight is 273 g/mol. The van der Waals surface area contributed by atoms with Crippen LogP contribution in [0.1, 0.15) is 53.9 Å². The third-order valence-electron chi connectivity index (χ3n) is 4.38. The molecule has 0 spiro atoms. The highest BCUT2D eigenvalue weighted by Crippen LogP contribution is 2.52. The Morgan fingerprint density at radius 2 is 1.95 bits per heavy atom. The molecule has 2 aliphatic heterocycles. The summed E-state index contributed by atoms with van der Waals surface area (Å²) in [5, 5.41) is 9.87. The zero-order chi connectivity index (χ0) is 14.6. The Balaban J connectivity index is 2.32. The summed E-state index contributed by atoms with van der Waals surface area (Å²) in [6.07, 6.45) is -1.39. The molecule has 1 amide bonds. The lowest BCUT2D eigenvalue weighted by Gasteiger charge is -2.51. The Morgan fingerprint density at radius 1 is 1.37 bits per heavy atom. The molecule has 0 aliphatic carbocycles. The highest BCUT2D eigenvalue weighted by Gasteiger charge is 2.63. The van der Waals surface area contributed by atoms with Crippen molar-refractivity contribution in [3.8, 4) is 0 Å². The number of carbonyl (C=O) groups is 1. The first-order valence-electron chi connectivity index (χ1n) is 6.85. The molecule has 2 bridgehead atoms. The van der Waals surface area contributed by atoms with Crippen LogP contribution in [-0.4, -0.2) is 45.1 Å². The van der Waals surface area contributed by atoms with E-state index in [0.29, 0.717) is 12.8 Å². The molecule has 5 heteroatoms. The number of hydrogen-bond donors (Lipinski definition) is 1. The molecule has 2 aliphatic rings. The molecule has 0 radical (unpaired) electrons. The highest BCUT2D eigenvalue weighted by molar-refractivity contribution is 5.71. The van der Waals surface area contributed by atoms with E-state index < -0.39 is 35.0 Å². The number of amides is 1. The Hall–Kier alpha value is -0.840. The highest BCUT2D eigenvalue weighted by atomic mass is 19.1. The molecule has 0 aromatic carbocycles. The van der Waals surface area contributed by atoms with Crippen LogP contribution in [0, 0.1) is 0 Å². The first-order chi connectivity index (χ1) is 8.50. The Morgan fingerprint density at radius 3 is 2.47 bits per heavy atom. The Bertz CT molecular complexity index is 395. The van der Waals surface area contributed by atoms with Crippen LogP contribution < -0.4 is 0 Å². The number of aliphatic hydroxyl groups is 1. The summed E-state index contributed by atoms with van der Waals surface area (Å²) in [5.74, 6) is 0. The molecule has 4 atom stereocenters. The predicted molar refractivity (Wildman–Crippen MR) is 69.6 cm³/mol. The number of aliphatic hydroxyl groups excluding tert-OH is 1. The van der Waals surface area contributed by atoms with Gasteiger partial charge in [-0.2, -0.15) is 0 Å². The summed E-state index contributed by atoms with van der Waals surface area (Å²) in [4.78, 5) is 13.9. The number of halogens is 1. The number of hydrogen-bond acceptors (Lipinski definition) is 3. The minimum absolute atomic E-state index is 0.267. The van der Waals surface area contributed by atoms with E-state index in [9.17, 15) is 14.3 Å². The zero-order valence-electron chi connectivity index (χ0n) is 12.4. The van der Waals surface area contributed by atoms with E-state index in [1.165, 1.54) is 4.90 Å². The predicted octanol–water partition coefficient (Wildman–Crippen LogP) is 2.64. The lowest BCUT2D eigenvalue weighted by molar-refractivity contribution is -0.107. The van der Waals surface area contributed by atoms with E-state index in [2.05, 4.69) is 0 Å². The fraction of sp³-hybridized carbons (Fsp3) is 0.929. The second kappa shape index (κ2) is 4.08. The first-order valence-corrected chi connectivity index (χ1v) is 6.85. The van der Waals surface area contributed by atoms with Gasteiger partial charge in [-0.15, -0.1) is 0 Å². The Kier molecular flexibility index (Phi) is 3.12. The summed E-state index contributed by atoms with van der Waals surface area (Å²) in [6, 6.07) is 0. The zero-order valence-corrected chi connectivity index (χ0v) is 12.4. The molecule has 4 nitrogen and oxygen atoms in total. The summed E-state index contributed by atoms with van der Waals surface area (Å²) < 4.78 is 19.8. The van der Waals surface area contributed by atoms with Crippen LogP contribution in [0.3, 0.4) is 0 Å². The van der Waals surface area contributed by atoms with Gasteiger partial charge in [0.2, 0.25) is 0 Å². The van der Waals surface area contributed by atoms with Crippen molar-refractivity contribution in [3.05, 3.63) is 0 Å². The molecular weight excluding hydrogens is 249 g/mol. The number of ether oxygens (including phenoxy) is 1. The number of fused-ring (bicyclic) bond motifs is 2. The third-order valence-corrected chi connectivity index (χ3v) is 4.38. The molecule has 0 aromatic rings. The number of carbonyl (C=O) groups excluding carboxylic acids is 1. The van der Waals surface area contributed by atoms with Gasteiger partial charge in [0, 0.05) is 5.54 Å². The van der Waals surface area contributed by atoms with Crippen LogP contribution >= 0.6 is 0 Å². The molecule has 2 saturated heterocycles. The summed E-state index contributed by atoms with van der Waals surface area (Å²) in [6.45, 7) is 8.99. The van der Waals surface area contributed by atoms with Crippen molar-refractivity contribution in [1.82, 2.24) is 4.90 Å². The number of alkyl halides is 1. The maximum Gasteiger partial charge on any atom is 0.411 e. The van der Waals surface area contributed by atoms with E-state index in [4.69, 9.17) is 4.74 Å². The van der Waals surface area contributed by atoms with Gasteiger partial charge in [0.15, 0.2) is 0 Å². The molecule has 110 valence electrons. The van der Waals surface area contributed by atoms with Gasteiger partial charge in [0.05, 0.1) is 11.6 Å². The van der Waals surface area contributed by atoms with Crippen LogP contribution in [0.4, 0.5) is 9.18 Å². The van der Waals surface area contributed by atoms with Crippen molar-refractivity contribution >= 4 is 6.09 Å². The van der Waals surface area contributed by atoms with E-state index in [1.807, 2.05) is 6.92 Å². The van der Waals surface area contributed by atoms with Crippen LogP contribution in [-0.2, 0) is 4.74 Å². The van der Waals surface area contributed by atoms with Crippen molar-refractivity contribution in [2.45, 2.75) is 82.8 Å². The number of rotatable bonds is 0. The van der Waals surface area contributed by atoms with Gasteiger partial charge >= 0.3 is 6.09 Å². The molecule has 2 fully saturated rings. The smallest absolute Gasteiger partial charge is 0.411 e. The molecule has 2 heterocycles. The van der Waals surface area contributed by atoms with Crippen LogP contribution in [0.2, 0.25) is 0 Å². The van der Waals surface area contributed by atoms with Gasteiger partial charge in [0.25, 0.3) is 0 Å². The van der Waals surface area contributed by atoms with Gasteiger partial charge in [-0.05, 0) is 53.9 Å². The van der Waals surface area contributed by atoms with Crippen LogP contribution in [0.5, 0.6) is 0 Å². The quantitative estimate of drug-likeness (QED) is 0.738. The lowest BCUT2D eigenvalue weighted by Crippen LogP contribution is -2.66. The van der Waals surface area contributed by atoms with Crippen LogP contribution in [0.15, 0.2) is 0 Å². The fourth-order valence-electron chi connectivity index (χ4n) is 3.52. The standard InChI is InChI=1S/C14H24FNO3/c1-12(2,3)19-11(18)16-13(4)6-7-14(16,5)10(15)9(17)8-13/h9-10,17H,6-8H2,1-5H3/t9-,10+,13-,14+/m1/s1. The minimum Gasteiger partial charge on any atom is -0.444 e. The van der Waals surface area contributed by atoms with Crippen molar-refractivity contribution in [2.75, 3.05) is 0 Å². The molecule has 2 rings (SSSR count). The molecule has 0 aromatic heterocycles. The van der Waals surface area contributed by atoms with Gasteiger partial charge in [-0.3, -0.25) is 4.90 Å². The van der Waals surface area contributed by atoms with E-state index in [1.54, 1.807) is 27.7 Å². The second-order valence-corrected chi connectivity index (χ2v) is 7.34. The normalized spacial score (nSPS) is 42.4. The molecular formula is C14H24FNO3. The maximum absolute atomic E-state index is 14.4. The maximum atomic E-state index is 14.4. The summed E-state index contributed by atoms with van der Waals surface area (Å²) in [7, 11) is 0.